The molecule has 0 unspecified atom stereocenters. The van der Waals surface area contributed by atoms with Crippen molar-refractivity contribution in [2.75, 3.05) is 0 Å². The topological polar surface area (TPSA) is 71.4 Å². The highest BCUT2D eigenvalue weighted by Gasteiger charge is 2.22. The maximum absolute atomic E-state index is 11.5. The fraction of sp³-hybridized carbons (Fsp3) is 0.769. The summed E-state index contributed by atoms with van der Waals surface area (Å²) in [5.74, 6) is 0.131. The van der Waals surface area contributed by atoms with Gasteiger partial charge in [0.05, 0.1) is 0 Å². The molecule has 0 radical (unpaired) electrons. The van der Waals surface area contributed by atoms with Crippen molar-refractivity contribution in [3.05, 3.63) is 0 Å². The molecule has 0 bridgehead atoms. The fourth-order valence-electron chi connectivity index (χ4n) is 2.23. The SMILES string of the molecule is O=C(O)CCCCC(=O)CC[C@H]1CCC(=O)C1. The Morgan fingerprint density at radius 2 is 1.88 bits per heavy atom. The van der Waals surface area contributed by atoms with Crippen molar-refractivity contribution < 1.29 is 19.5 Å². The molecule has 0 aliphatic heterocycles. The van der Waals surface area contributed by atoms with Gasteiger partial charge in [-0.15, -0.1) is 0 Å². The number of carboxylic acid groups (broad SMARTS) is 1. The number of hydrogen-bond donors (Lipinski definition) is 1. The van der Waals surface area contributed by atoms with E-state index in [9.17, 15) is 14.4 Å². The highest BCUT2D eigenvalue weighted by molar-refractivity contribution is 5.81. The van der Waals surface area contributed by atoms with Gasteiger partial charge < -0.3 is 5.11 Å². The van der Waals surface area contributed by atoms with Crippen molar-refractivity contribution in [3.8, 4) is 0 Å². The molecular weight excluding hydrogens is 220 g/mol. The molecule has 1 N–H and O–H groups in total. The van der Waals surface area contributed by atoms with Gasteiger partial charge in [-0.1, -0.05) is 0 Å². The Morgan fingerprint density at radius 1 is 1.18 bits per heavy atom. The van der Waals surface area contributed by atoms with E-state index in [1.807, 2.05) is 0 Å². The summed E-state index contributed by atoms with van der Waals surface area (Å²) in [7, 11) is 0. The molecule has 17 heavy (non-hydrogen) atoms. The molecular formula is C13H20O4. The summed E-state index contributed by atoms with van der Waals surface area (Å²) in [5.41, 5.74) is 0. The lowest BCUT2D eigenvalue weighted by Gasteiger charge is -2.06. The molecule has 0 aromatic rings. The molecule has 0 aromatic heterocycles. The molecule has 1 saturated carbocycles. The quantitative estimate of drug-likeness (QED) is 0.661. The number of aliphatic carboxylic acids is 1. The van der Waals surface area contributed by atoms with Gasteiger partial charge in [-0.3, -0.25) is 14.4 Å². The zero-order chi connectivity index (χ0) is 12.7. The molecule has 1 rings (SSSR count). The van der Waals surface area contributed by atoms with Crippen molar-refractivity contribution in [1.29, 1.82) is 0 Å². The summed E-state index contributed by atoms with van der Waals surface area (Å²) in [6, 6.07) is 0. The highest BCUT2D eigenvalue weighted by atomic mass is 16.4. The van der Waals surface area contributed by atoms with Crippen molar-refractivity contribution >= 4 is 17.5 Å². The fourth-order valence-corrected chi connectivity index (χ4v) is 2.23. The first-order valence-corrected chi connectivity index (χ1v) is 6.33. The number of rotatable bonds is 8. The Hall–Kier alpha value is -1.19. The van der Waals surface area contributed by atoms with E-state index < -0.39 is 5.97 Å². The predicted molar refractivity (Wildman–Crippen MR) is 62.7 cm³/mol. The monoisotopic (exact) mass is 240 g/mol. The Morgan fingerprint density at radius 3 is 2.47 bits per heavy atom. The van der Waals surface area contributed by atoms with E-state index in [0.717, 1.165) is 12.8 Å². The summed E-state index contributed by atoms with van der Waals surface area (Å²) in [5, 5.41) is 8.43. The van der Waals surface area contributed by atoms with Crippen LogP contribution in [0.15, 0.2) is 0 Å². The van der Waals surface area contributed by atoms with Gasteiger partial charge in [-0.25, -0.2) is 0 Å². The van der Waals surface area contributed by atoms with Crippen LogP contribution >= 0.6 is 0 Å². The van der Waals surface area contributed by atoms with Crippen LogP contribution in [0, 0.1) is 5.92 Å². The molecule has 1 atom stereocenters. The van der Waals surface area contributed by atoms with Gasteiger partial charge in [0.2, 0.25) is 0 Å². The maximum atomic E-state index is 11.5. The molecule has 0 spiro atoms. The summed E-state index contributed by atoms with van der Waals surface area (Å²) >= 11 is 0. The zero-order valence-corrected chi connectivity index (χ0v) is 10.1. The zero-order valence-electron chi connectivity index (χ0n) is 10.1. The third-order valence-electron chi connectivity index (χ3n) is 3.28. The van der Waals surface area contributed by atoms with Crippen molar-refractivity contribution in [2.45, 2.75) is 57.8 Å². The number of Topliss-reactive ketones (excluding diaryl/α,β-unsaturated/α-hetero) is 2. The van der Waals surface area contributed by atoms with E-state index in [2.05, 4.69) is 0 Å². The van der Waals surface area contributed by atoms with E-state index in [1.165, 1.54) is 0 Å². The number of unbranched alkanes of at least 4 members (excludes halogenated alkanes) is 1. The van der Waals surface area contributed by atoms with E-state index in [4.69, 9.17) is 5.11 Å². The Balaban J connectivity index is 2.01. The first-order chi connectivity index (χ1) is 8.08. The van der Waals surface area contributed by atoms with Crippen LogP contribution in [0.1, 0.15) is 57.8 Å². The molecule has 4 heteroatoms. The summed E-state index contributed by atoms with van der Waals surface area (Å²) in [4.78, 5) is 32.8. The molecule has 4 nitrogen and oxygen atoms in total. The van der Waals surface area contributed by atoms with Gasteiger partial charge >= 0.3 is 5.97 Å². The van der Waals surface area contributed by atoms with Crippen LogP contribution in [-0.4, -0.2) is 22.6 Å². The van der Waals surface area contributed by atoms with Gasteiger partial charge in [0.25, 0.3) is 0 Å². The molecule has 0 amide bonds. The average Bonchev–Trinajstić information content (AvgIpc) is 2.67. The standard InChI is InChI=1S/C13H20O4/c14-11(3-1-2-4-13(16)17)7-5-10-6-8-12(15)9-10/h10H,1-9H2,(H,16,17)/t10-/m0/s1. The van der Waals surface area contributed by atoms with E-state index in [1.54, 1.807) is 0 Å². The lowest BCUT2D eigenvalue weighted by atomic mass is 9.98. The lowest BCUT2D eigenvalue weighted by Crippen LogP contribution is -2.03. The predicted octanol–water partition coefficient (Wildman–Crippen LogP) is 2.35. The van der Waals surface area contributed by atoms with E-state index in [0.29, 0.717) is 50.2 Å². The van der Waals surface area contributed by atoms with Crippen LogP contribution in [0.25, 0.3) is 0 Å². The molecule has 0 saturated heterocycles. The minimum Gasteiger partial charge on any atom is -0.481 e. The lowest BCUT2D eigenvalue weighted by molar-refractivity contribution is -0.137. The third-order valence-corrected chi connectivity index (χ3v) is 3.28. The van der Waals surface area contributed by atoms with E-state index in [-0.39, 0.29) is 12.2 Å². The molecule has 1 fully saturated rings. The number of carbonyl (C=O) groups is 3. The second-order valence-corrected chi connectivity index (χ2v) is 4.83. The van der Waals surface area contributed by atoms with Gasteiger partial charge in [-0.2, -0.15) is 0 Å². The van der Waals surface area contributed by atoms with Crippen LogP contribution in [-0.2, 0) is 14.4 Å². The second kappa shape index (κ2) is 7.20. The molecule has 1 aliphatic carbocycles. The van der Waals surface area contributed by atoms with Gasteiger partial charge in [0.15, 0.2) is 0 Å². The summed E-state index contributed by atoms with van der Waals surface area (Å²) < 4.78 is 0. The molecule has 1 aliphatic rings. The molecule has 96 valence electrons. The number of hydrogen-bond acceptors (Lipinski definition) is 3. The highest BCUT2D eigenvalue weighted by Crippen LogP contribution is 2.26. The minimum atomic E-state index is -0.804. The number of carbonyl (C=O) groups excluding carboxylic acids is 2. The van der Waals surface area contributed by atoms with Crippen LogP contribution in [0.5, 0.6) is 0 Å². The van der Waals surface area contributed by atoms with Crippen LogP contribution < -0.4 is 0 Å². The average molecular weight is 240 g/mol. The van der Waals surface area contributed by atoms with Crippen LogP contribution in [0.3, 0.4) is 0 Å². The summed E-state index contributed by atoms with van der Waals surface area (Å²) in [6.07, 6.45) is 5.49. The Kier molecular flexibility index (Phi) is 5.87. The number of ketones is 2. The van der Waals surface area contributed by atoms with Crippen molar-refractivity contribution in [3.63, 3.8) is 0 Å². The van der Waals surface area contributed by atoms with Crippen molar-refractivity contribution in [1.82, 2.24) is 0 Å². The van der Waals surface area contributed by atoms with Gasteiger partial charge in [0, 0.05) is 32.1 Å². The minimum absolute atomic E-state index is 0.143. The smallest absolute Gasteiger partial charge is 0.303 e. The van der Waals surface area contributed by atoms with Gasteiger partial charge in [0.1, 0.15) is 11.6 Å². The second-order valence-electron chi connectivity index (χ2n) is 4.83. The summed E-state index contributed by atoms with van der Waals surface area (Å²) in [6.45, 7) is 0. The maximum Gasteiger partial charge on any atom is 0.303 e. The number of carboxylic acids is 1. The molecule has 0 aromatic carbocycles. The van der Waals surface area contributed by atoms with Crippen molar-refractivity contribution in [2.24, 2.45) is 5.92 Å². The third kappa shape index (κ3) is 6.19. The van der Waals surface area contributed by atoms with E-state index >= 15 is 0 Å². The Bertz CT molecular complexity index is 296. The largest absolute Gasteiger partial charge is 0.481 e. The first-order valence-electron chi connectivity index (χ1n) is 6.33. The van der Waals surface area contributed by atoms with Crippen LogP contribution in [0.4, 0.5) is 0 Å². The van der Waals surface area contributed by atoms with Gasteiger partial charge in [-0.05, 0) is 31.6 Å². The van der Waals surface area contributed by atoms with Crippen LogP contribution in [0.2, 0.25) is 0 Å². The molecule has 0 heterocycles. The normalized spacial score (nSPS) is 19.5. The Labute approximate surface area is 101 Å². The first kappa shape index (κ1) is 13.9.